The molecule has 3 heteroatoms. The molecule has 1 aromatic rings. The number of hydrogen-bond donors (Lipinski definition) is 2. The first kappa shape index (κ1) is 15.5. The van der Waals surface area contributed by atoms with Gasteiger partial charge in [0.2, 0.25) is 5.91 Å². The van der Waals surface area contributed by atoms with Gasteiger partial charge in [0.15, 0.2) is 0 Å². The fourth-order valence-electron chi connectivity index (χ4n) is 2.09. The van der Waals surface area contributed by atoms with Gasteiger partial charge in [-0.1, -0.05) is 32.6 Å². The lowest BCUT2D eigenvalue weighted by Gasteiger charge is -2.15. The molecule has 1 aromatic carbocycles. The van der Waals surface area contributed by atoms with Crippen molar-refractivity contribution in [2.45, 2.75) is 58.9 Å². The largest absolute Gasteiger partial charge is 0.383 e. The molecule has 1 amide bonds. The maximum Gasteiger partial charge on any atom is 0.221 e. The zero-order chi connectivity index (χ0) is 14.1. The van der Waals surface area contributed by atoms with Crippen LogP contribution in [0.5, 0.6) is 0 Å². The van der Waals surface area contributed by atoms with Gasteiger partial charge in [-0.3, -0.25) is 4.79 Å². The highest BCUT2D eigenvalue weighted by atomic mass is 16.1. The molecule has 1 atom stereocenters. The number of unbranched alkanes of at least 4 members (excludes halogenated alkanes) is 3. The van der Waals surface area contributed by atoms with E-state index in [0.717, 1.165) is 11.4 Å². The third kappa shape index (κ3) is 6.85. The molecule has 1 unspecified atom stereocenters. The Balaban J connectivity index is 2.33. The second-order valence-electron chi connectivity index (χ2n) is 5.15. The molecule has 0 saturated heterocycles. The first-order chi connectivity index (χ1) is 9.11. The van der Waals surface area contributed by atoms with Gasteiger partial charge in [-0.25, -0.2) is 0 Å². The van der Waals surface area contributed by atoms with Crippen molar-refractivity contribution in [2.75, 3.05) is 10.6 Å². The Morgan fingerprint density at radius 1 is 1.11 bits per heavy atom. The number of amides is 1. The van der Waals surface area contributed by atoms with E-state index < -0.39 is 0 Å². The first-order valence-electron chi connectivity index (χ1n) is 7.26. The summed E-state index contributed by atoms with van der Waals surface area (Å²) in [5.74, 6) is -0.0370. The molecule has 0 heterocycles. The van der Waals surface area contributed by atoms with Crippen LogP contribution in [0.3, 0.4) is 0 Å². The summed E-state index contributed by atoms with van der Waals surface area (Å²) in [7, 11) is 0. The Kier molecular flexibility index (Phi) is 7.01. The van der Waals surface area contributed by atoms with Crippen LogP contribution in [0.25, 0.3) is 0 Å². The van der Waals surface area contributed by atoms with Crippen LogP contribution in [0.1, 0.15) is 52.9 Å². The smallest absolute Gasteiger partial charge is 0.221 e. The Morgan fingerprint density at radius 3 is 2.32 bits per heavy atom. The zero-order valence-electron chi connectivity index (χ0n) is 12.3. The van der Waals surface area contributed by atoms with Gasteiger partial charge < -0.3 is 10.6 Å². The van der Waals surface area contributed by atoms with Crippen LogP contribution in [-0.4, -0.2) is 11.9 Å². The first-order valence-corrected chi connectivity index (χ1v) is 7.26. The zero-order valence-corrected chi connectivity index (χ0v) is 12.3. The maximum absolute atomic E-state index is 10.9. The van der Waals surface area contributed by atoms with Gasteiger partial charge in [0, 0.05) is 24.3 Å². The summed E-state index contributed by atoms with van der Waals surface area (Å²) in [4.78, 5) is 10.9. The van der Waals surface area contributed by atoms with Crippen LogP contribution in [-0.2, 0) is 4.79 Å². The highest BCUT2D eigenvalue weighted by molar-refractivity contribution is 5.88. The summed E-state index contributed by atoms with van der Waals surface area (Å²) in [5.41, 5.74) is 1.95. The number of carbonyl (C=O) groups excluding carboxylic acids is 1. The standard InChI is InChI=1S/C16H26N2O/c1-4-5-6-7-8-13(2)17-15-9-11-16(12-10-15)18-14(3)19/h9-13,17H,4-8H2,1-3H3,(H,18,19). The van der Waals surface area contributed by atoms with E-state index in [2.05, 4.69) is 24.5 Å². The Labute approximate surface area is 116 Å². The molecule has 0 aromatic heterocycles. The van der Waals surface area contributed by atoms with E-state index in [1.807, 2.05) is 24.3 Å². The minimum Gasteiger partial charge on any atom is -0.383 e. The van der Waals surface area contributed by atoms with Crippen LogP contribution in [0.4, 0.5) is 11.4 Å². The summed E-state index contributed by atoms with van der Waals surface area (Å²) in [6, 6.07) is 8.35. The normalized spacial score (nSPS) is 11.9. The molecule has 0 saturated carbocycles. The number of benzene rings is 1. The summed E-state index contributed by atoms with van der Waals surface area (Å²) in [6.45, 7) is 5.97. The number of nitrogens with one attached hydrogen (secondary N) is 2. The molecule has 19 heavy (non-hydrogen) atoms. The summed E-state index contributed by atoms with van der Waals surface area (Å²) in [6.07, 6.45) is 6.42. The Bertz CT molecular complexity index is 373. The Hall–Kier alpha value is -1.51. The van der Waals surface area contributed by atoms with Crippen molar-refractivity contribution in [1.82, 2.24) is 0 Å². The van der Waals surface area contributed by atoms with Crippen molar-refractivity contribution < 1.29 is 4.79 Å². The molecule has 106 valence electrons. The van der Waals surface area contributed by atoms with Crippen molar-refractivity contribution in [3.63, 3.8) is 0 Å². The van der Waals surface area contributed by atoms with E-state index in [-0.39, 0.29) is 5.91 Å². The van der Waals surface area contributed by atoms with Crippen LogP contribution < -0.4 is 10.6 Å². The van der Waals surface area contributed by atoms with Gasteiger partial charge in [0.25, 0.3) is 0 Å². The fraction of sp³-hybridized carbons (Fsp3) is 0.562. The lowest BCUT2D eigenvalue weighted by molar-refractivity contribution is -0.114. The van der Waals surface area contributed by atoms with Crippen molar-refractivity contribution in [3.8, 4) is 0 Å². The van der Waals surface area contributed by atoms with E-state index in [1.54, 1.807) is 0 Å². The molecule has 2 N–H and O–H groups in total. The fourth-order valence-corrected chi connectivity index (χ4v) is 2.09. The predicted molar refractivity (Wildman–Crippen MR) is 82.6 cm³/mol. The molecular formula is C16H26N2O. The lowest BCUT2D eigenvalue weighted by Crippen LogP contribution is -2.14. The van der Waals surface area contributed by atoms with E-state index >= 15 is 0 Å². The molecular weight excluding hydrogens is 236 g/mol. The van der Waals surface area contributed by atoms with Crippen LogP contribution in [0, 0.1) is 0 Å². The maximum atomic E-state index is 10.9. The van der Waals surface area contributed by atoms with Crippen LogP contribution in [0.2, 0.25) is 0 Å². The Morgan fingerprint density at radius 2 is 1.74 bits per heavy atom. The second-order valence-corrected chi connectivity index (χ2v) is 5.15. The van der Waals surface area contributed by atoms with E-state index in [9.17, 15) is 4.79 Å². The van der Waals surface area contributed by atoms with Gasteiger partial charge in [-0.15, -0.1) is 0 Å². The number of rotatable bonds is 8. The van der Waals surface area contributed by atoms with Crippen molar-refractivity contribution in [3.05, 3.63) is 24.3 Å². The molecule has 0 fully saturated rings. The highest BCUT2D eigenvalue weighted by Gasteiger charge is 2.02. The number of hydrogen-bond acceptors (Lipinski definition) is 2. The van der Waals surface area contributed by atoms with E-state index in [4.69, 9.17) is 0 Å². The summed E-state index contributed by atoms with van der Waals surface area (Å²) < 4.78 is 0. The van der Waals surface area contributed by atoms with Crippen molar-refractivity contribution >= 4 is 17.3 Å². The minimum absolute atomic E-state index is 0.0370. The lowest BCUT2D eigenvalue weighted by atomic mass is 10.1. The summed E-state index contributed by atoms with van der Waals surface area (Å²) in [5, 5.41) is 6.25. The molecule has 0 aliphatic carbocycles. The topological polar surface area (TPSA) is 41.1 Å². The van der Waals surface area contributed by atoms with Gasteiger partial charge in [-0.2, -0.15) is 0 Å². The minimum atomic E-state index is -0.0370. The third-order valence-electron chi connectivity index (χ3n) is 3.11. The van der Waals surface area contributed by atoms with Gasteiger partial charge in [0.1, 0.15) is 0 Å². The molecule has 0 spiro atoms. The number of anilines is 2. The average molecular weight is 262 g/mol. The monoisotopic (exact) mass is 262 g/mol. The van der Waals surface area contributed by atoms with Crippen molar-refractivity contribution in [1.29, 1.82) is 0 Å². The molecule has 3 nitrogen and oxygen atoms in total. The molecule has 1 rings (SSSR count). The predicted octanol–water partition coefficient (Wildman–Crippen LogP) is 4.42. The van der Waals surface area contributed by atoms with E-state index in [1.165, 1.54) is 39.0 Å². The number of carbonyl (C=O) groups is 1. The van der Waals surface area contributed by atoms with Gasteiger partial charge >= 0.3 is 0 Å². The SMILES string of the molecule is CCCCCCC(C)Nc1ccc(NC(C)=O)cc1. The molecule has 0 aliphatic rings. The van der Waals surface area contributed by atoms with Gasteiger partial charge in [0.05, 0.1) is 0 Å². The molecule has 0 aliphatic heterocycles. The van der Waals surface area contributed by atoms with Crippen molar-refractivity contribution in [2.24, 2.45) is 0 Å². The molecule has 0 radical (unpaired) electrons. The third-order valence-corrected chi connectivity index (χ3v) is 3.11. The highest BCUT2D eigenvalue weighted by Crippen LogP contribution is 2.16. The summed E-state index contributed by atoms with van der Waals surface area (Å²) >= 11 is 0. The second kappa shape index (κ2) is 8.57. The van der Waals surface area contributed by atoms with Crippen LogP contribution >= 0.6 is 0 Å². The average Bonchev–Trinajstić information content (AvgIpc) is 2.36. The molecule has 0 bridgehead atoms. The van der Waals surface area contributed by atoms with E-state index in [0.29, 0.717) is 6.04 Å². The van der Waals surface area contributed by atoms with Gasteiger partial charge in [-0.05, 0) is 37.6 Å². The quantitative estimate of drug-likeness (QED) is 0.681. The van der Waals surface area contributed by atoms with Crippen LogP contribution in [0.15, 0.2) is 24.3 Å².